The minimum absolute atomic E-state index is 0.0355. The van der Waals surface area contributed by atoms with Gasteiger partial charge in [0.1, 0.15) is 16.5 Å². The van der Waals surface area contributed by atoms with Crippen molar-refractivity contribution in [3.05, 3.63) is 29.8 Å². The summed E-state index contributed by atoms with van der Waals surface area (Å²) in [6, 6.07) is 2.61. The first-order valence-electron chi connectivity index (χ1n) is 7.89. The predicted molar refractivity (Wildman–Crippen MR) is 88.0 cm³/mol. The maximum absolute atomic E-state index is 13.5. The van der Waals surface area contributed by atoms with Crippen molar-refractivity contribution < 1.29 is 17.2 Å². The summed E-state index contributed by atoms with van der Waals surface area (Å²) in [4.78, 5) is 3.46. The van der Waals surface area contributed by atoms with E-state index in [-0.39, 0.29) is 19.0 Å². The number of aliphatic imine (C=N–C) groups is 1. The van der Waals surface area contributed by atoms with Crippen molar-refractivity contribution in [1.82, 2.24) is 10.0 Å². The molecular weight excluding hydrogens is 338 g/mol. The number of hydrogen-bond donors (Lipinski definition) is 3. The van der Waals surface area contributed by atoms with Gasteiger partial charge >= 0.3 is 0 Å². The Morgan fingerprint density at radius 1 is 1.25 bits per heavy atom. The van der Waals surface area contributed by atoms with Crippen LogP contribution in [0.3, 0.4) is 0 Å². The highest BCUT2D eigenvalue weighted by molar-refractivity contribution is 7.89. The fourth-order valence-corrected chi connectivity index (χ4v) is 3.71. The van der Waals surface area contributed by atoms with Gasteiger partial charge in [-0.1, -0.05) is 19.3 Å². The summed E-state index contributed by atoms with van der Waals surface area (Å²) in [6.45, 7) is 0.0831. The molecule has 1 fully saturated rings. The number of nitrogens with one attached hydrogen (secondary N) is 2. The predicted octanol–water partition coefficient (Wildman–Crippen LogP) is 1.48. The number of guanidine groups is 1. The van der Waals surface area contributed by atoms with Crippen LogP contribution in [0.15, 0.2) is 28.1 Å². The van der Waals surface area contributed by atoms with E-state index < -0.39 is 26.6 Å². The van der Waals surface area contributed by atoms with Crippen molar-refractivity contribution in [1.29, 1.82) is 0 Å². The van der Waals surface area contributed by atoms with Crippen molar-refractivity contribution in [2.75, 3.05) is 13.1 Å². The van der Waals surface area contributed by atoms with Gasteiger partial charge in [0.15, 0.2) is 5.96 Å². The van der Waals surface area contributed by atoms with E-state index in [0.717, 1.165) is 37.8 Å². The third-order valence-electron chi connectivity index (χ3n) is 3.83. The highest BCUT2D eigenvalue weighted by atomic mass is 32.2. The van der Waals surface area contributed by atoms with Crippen molar-refractivity contribution in [2.45, 2.75) is 43.0 Å². The number of sulfonamides is 1. The van der Waals surface area contributed by atoms with Gasteiger partial charge in [0.2, 0.25) is 10.0 Å². The fraction of sp³-hybridized carbons (Fsp3) is 0.533. The monoisotopic (exact) mass is 360 g/mol. The van der Waals surface area contributed by atoms with Crippen LogP contribution in [0, 0.1) is 11.6 Å². The molecule has 24 heavy (non-hydrogen) atoms. The number of rotatable bonds is 6. The van der Waals surface area contributed by atoms with E-state index in [2.05, 4.69) is 15.0 Å². The van der Waals surface area contributed by atoms with E-state index in [9.17, 15) is 17.2 Å². The molecule has 134 valence electrons. The molecule has 4 N–H and O–H groups in total. The molecule has 9 heteroatoms. The van der Waals surface area contributed by atoms with Gasteiger partial charge in [-0.25, -0.2) is 21.9 Å². The molecule has 1 aliphatic carbocycles. The van der Waals surface area contributed by atoms with E-state index >= 15 is 0 Å². The lowest BCUT2D eigenvalue weighted by Crippen LogP contribution is -2.41. The average molecular weight is 360 g/mol. The van der Waals surface area contributed by atoms with E-state index in [1.54, 1.807) is 0 Å². The second kappa shape index (κ2) is 8.39. The normalized spacial score (nSPS) is 17.0. The zero-order valence-corrected chi connectivity index (χ0v) is 14.1. The van der Waals surface area contributed by atoms with Crippen molar-refractivity contribution in [3.8, 4) is 0 Å². The molecule has 0 aliphatic heterocycles. The van der Waals surface area contributed by atoms with Gasteiger partial charge in [0.05, 0.1) is 6.54 Å². The maximum atomic E-state index is 13.5. The molecule has 0 unspecified atom stereocenters. The average Bonchev–Trinajstić information content (AvgIpc) is 2.52. The standard InChI is InChI=1S/C15H22F2N4O2S/c16-11-6-7-14(13(17)10-11)24(22,23)20-9-8-19-15(18)21-12-4-2-1-3-5-12/h6-7,10,12,20H,1-5,8-9H2,(H3,18,19,21). The number of halogens is 2. The summed E-state index contributed by atoms with van der Waals surface area (Å²) in [6.07, 6.45) is 5.65. The third kappa shape index (κ3) is 5.41. The van der Waals surface area contributed by atoms with E-state index in [0.29, 0.717) is 12.1 Å². The van der Waals surface area contributed by atoms with Crippen molar-refractivity contribution in [2.24, 2.45) is 10.7 Å². The lowest BCUT2D eigenvalue weighted by atomic mass is 9.96. The topological polar surface area (TPSA) is 96.6 Å². The van der Waals surface area contributed by atoms with Gasteiger partial charge in [0.25, 0.3) is 0 Å². The Morgan fingerprint density at radius 3 is 2.62 bits per heavy atom. The molecule has 1 aromatic carbocycles. The van der Waals surface area contributed by atoms with E-state index in [1.165, 1.54) is 6.42 Å². The highest BCUT2D eigenvalue weighted by Crippen LogP contribution is 2.17. The summed E-state index contributed by atoms with van der Waals surface area (Å²) >= 11 is 0. The first-order valence-corrected chi connectivity index (χ1v) is 9.38. The fourth-order valence-electron chi connectivity index (χ4n) is 2.63. The molecule has 0 radical (unpaired) electrons. The van der Waals surface area contributed by atoms with Gasteiger partial charge in [-0.3, -0.25) is 4.99 Å². The molecule has 0 spiro atoms. The van der Waals surface area contributed by atoms with Crippen LogP contribution in [0.1, 0.15) is 32.1 Å². The second-order valence-corrected chi connectivity index (χ2v) is 7.45. The Hall–Kier alpha value is -1.74. The molecule has 1 aliphatic rings. The number of benzene rings is 1. The molecule has 1 aromatic rings. The van der Waals surface area contributed by atoms with Crippen LogP contribution in [0.4, 0.5) is 8.78 Å². The van der Waals surface area contributed by atoms with Crippen LogP contribution in [-0.4, -0.2) is 33.5 Å². The van der Waals surface area contributed by atoms with Crippen LogP contribution in [0.5, 0.6) is 0 Å². The smallest absolute Gasteiger partial charge is 0.243 e. The highest BCUT2D eigenvalue weighted by Gasteiger charge is 2.19. The van der Waals surface area contributed by atoms with Gasteiger partial charge in [-0.05, 0) is 25.0 Å². The molecule has 0 atom stereocenters. The van der Waals surface area contributed by atoms with Gasteiger partial charge < -0.3 is 11.1 Å². The molecular formula is C15H22F2N4O2S. The van der Waals surface area contributed by atoms with Crippen LogP contribution in [0.25, 0.3) is 0 Å². The Bertz CT molecular complexity index is 689. The SMILES string of the molecule is NC(=NCCNS(=O)(=O)c1ccc(F)cc1F)NC1CCCCC1. The molecule has 0 amide bonds. The van der Waals surface area contributed by atoms with Crippen LogP contribution < -0.4 is 15.8 Å². The molecule has 1 saturated carbocycles. The lowest BCUT2D eigenvalue weighted by molar-refractivity contribution is 0.412. The second-order valence-electron chi connectivity index (χ2n) is 5.72. The molecule has 2 rings (SSSR count). The summed E-state index contributed by atoms with van der Waals surface area (Å²) in [7, 11) is -4.06. The van der Waals surface area contributed by atoms with Crippen LogP contribution in [-0.2, 0) is 10.0 Å². The van der Waals surface area contributed by atoms with Crippen molar-refractivity contribution >= 4 is 16.0 Å². The molecule has 0 heterocycles. The minimum Gasteiger partial charge on any atom is -0.370 e. The minimum atomic E-state index is -4.06. The number of nitrogens with two attached hydrogens (primary N) is 1. The first-order chi connectivity index (χ1) is 11.4. The van der Waals surface area contributed by atoms with Crippen LogP contribution >= 0.6 is 0 Å². The summed E-state index contributed by atoms with van der Waals surface area (Å²) in [5.74, 6) is -1.70. The summed E-state index contributed by atoms with van der Waals surface area (Å²) in [5.41, 5.74) is 5.77. The number of nitrogens with zero attached hydrogens (tertiary/aromatic N) is 1. The van der Waals surface area contributed by atoms with E-state index in [1.807, 2.05) is 0 Å². The zero-order valence-electron chi connectivity index (χ0n) is 13.3. The zero-order chi connectivity index (χ0) is 17.6. The van der Waals surface area contributed by atoms with E-state index in [4.69, 9.17) is 5.73 Å². The first kappa shape index (κ1) is 18.6. The Morgan fingerprint density at radius 2 is 1.96 bits per heavy atom. The summed E-state index contributed by atoms with van der Waals surface area (Å²) in [5, 5.41) is 3.11. The van der Waals surface area contributed by atoms with Crippen molar-refractivity contribution in [3.63, 3.8) is 0 Å². The Balaban J connectivity index is 1.82. The van der Waals surface area contributed by atoms with Gasteiger partial charge in [-0.2, -0.15) is 0 Å². The summed E-state index contributed by atoms with van der Waals surface area (Å²) < 4.78 is 52.5. The Kier molecular flexibility index (Phi) is 6.50. The maximum Gasteiger partial charge on any atom is 0.243 e. The quantitative estimate of drug-likeness (QED) is 0.407. The van der Waals surface area contributed by atoms with Gasteiger partial charge in [0, 0.05) is 18.7 Å². The molecule has 0 bridgehead atoms. The molecule has 0 saturated heterocycles. The molecule has 6 nitrogen and oxygen atoms in total. The number of hydrogen-bond acceptors (Lipinski definition) is 3. The van der Waals surface area contributed by atoms with Crippen LogP contribution in [0.2, 0.25) is 0 Å². The largest absolute Gasteiger partial charge is 0.370 e. The third-order valence-corrected chi connectivity index (χ3v) is 5.32. The lowest BCUT2D eigenvalue weighted by Gasteiger charge is -2.23. The Labute approximate surface area is 140 Å². The molecule has 0 aromatic heterocycles. The van der Waals surface area contributed by atoms with Gasteiger partial charge in [-0.15, -0.1) is 0 Å².